The Morgan fingerprint density at radius 3 is 2.78 bits per heavy atom. The molecule has 0 saturated carbocycles. The third-order valence-electron chi connectivity index (χ3n) is 3.81. The van der Waals surface area contributed by atoms with Crippen molar-refractivity contribution < 1.29 is 8.81 Å². The van der Waals surface area contributed by atoms with E-state index in [0.717, 1.165) is 22.3 Å². The van der Waals surface area contributed by atoms with Crippen molar-refractivity contribution in [1.29, 1.82) is 0 Å². The lowest BCUT2D eigenvalue weighted by molar-refractivity contribution is 0.590. The standard InChI is InChI=1S/C17H13FN4O/c1-10-5-6-14(18)13-7-8-22(15(10)13)12-4-2-3-11(9-12)16-20-21-17(19)23-16/h2-9H,1H3,(H2,19,21). The lowest BCUT2D eigenvalue weighted by Gasteiger charge is -2.09. The molecule has 6 heteroatoms. The molecule has 0 saturated heterocycles. The molecule has 0 aliphatic heterocycles. The molecular formula is C17H13FN4O. The summed E-state index contributed by atoms with van der Waals surface area (Å²) in [5, 5.41) is 8.15. The van der Waals surface area contributed by atoms with E-state index in [-0.39, 0.29) is 11.8 Å². The van der Waals surface area contributed by atoms with Crippen LogP contribution < -0.4 is 5.73 Å². The highest BCUT2D eigenvalue weighted by atomic mass is 19.1. The van der Waals surface area contributed by atoms with Gasteiger partial charge in [0.05, 0.1) is 5.52 Å². The molecule has 2 aromatic heterocycles. The summed E-state index contributed by atoms with van der Waals surface area (Å²) in [5.74, 6) is 0.119. The first-order chi connectivity index (χ1) is 11.1. The Balaban J connectivity index is 1.90. The predicted molar refractivity (Wildman–Crippen MR) is 85.7 cm³/mol. The van der Waals surface area contributed by atoms with Crippen LogP contribution in [0.15, 0.2) is 53.1 Å². The van der Waals surface area contributed by atoms with Crippen LogP contribution in [-0.4, -0.2) is 14.8 Å². The Bertz CT molecular complexity index is 1020. The lowest BCUT2D eigenvalue weighted by atomic mass is 10.1. The summed E-state index contributed by atoms with van der Waals surface area (Å²) >= 11 is 0. The van der Waals surface area contributed by atoms with E-state index in [1.54, 1.807) is 12.1 Å². The van der Waals surface area contributed by atoms with Gasteiger partial charge >= 0.3 is 6.01 Å². The second-order valence-corrected chi connectivity index (χ2v) is 5.31. The molecule has 4 aromatic rings. The molecule has 2 heterocycles. The minimum absolute atomic E-state index is 0.0229. The molecule has 0 bridgehead atoms. The molecule has 5 nitrogen and oxygen atoms in total. The number of anilines is 1. The van der Waals surface area contributed by atoms with Crippen molar-refractivity contribution >= 4 is 16.9 Å². The molecule has 4 rings (SSSR count). The van der Waals surface area contributed by atoms with E-state index in [9.17, 15) is 4.39 Å². The van der Waals surface area contributed by atoms with E-state index >= 15 is 0 Å². The van der Waals surface area contributed by atoms with E-state index in [1.165, 1.54) is 6.07 Å². The molecule has 0 unspecified atom stereocenters. The molecule has 0 radical (unpaired) electrons. The minimum atomic E-state index is -0.231. The van der Waals surface area contributed by atoms with Crippen LogP contribution in [0.3, 0.4) is 0 Å². The van der Waals surface area contributed by atoms with Crippen molar-refractivity contribution in [2.45, 2.75) is 6.92 Å². The number of fused-ring (bicyclic) bond motifs is 1. The van der Waals surface area contributed by atoms with Gasteiger partial charge in [0.2, 0.25) is 5.89 Å². The normalized spacial score (nSPS) is 11.2. The number of rotatable bonds is 2. The Hall–Kier alpha value is -3.15. The van der Waals surface area contributed by atoms with E-state index < -0.39 is 0 Å². The highest BCUT2D eigenvalue weighted by Crippen LogP contribution is 2.28. The second-order valence-electron chi connectivity index (χ2n) is 5.31. The van der Waals surface area contributed by atoms with E-state index in [0.29, 0.717) is 11.3 Å². The van der Waals surface area contributed by atoms with Gasteiger partial charge in [0.15, 0.2) is 0 Å². The zero-order valence-electron chi connectivity index (χ0n) is 12.3. The average Bonchev–Trinajstić information content (AvgIpc) is 3.18. The van der Waals surface area contributed by atoms with Gasteiger partial charge in [0, 0.05) is 22.8 Å². The molecule has 2 aromatic carbocycles. The van der Waals surface area contributed by atoms with Gasteiger partial charge in [-0.1, -0.05) is 17.2 Å². The van der Waals surface area contributed by atoms with Gasteiger partial charge in [-0.3, -0.25) is 0 Å². The molecule has 0 aliphatic carbocycles. The van der Waals surface area contributed by atoms with Gasteiger partial charge in [0.25, 0.3) is 0 Å². The number of aryl methyl sites for hydroxylation is 1. The summed E-state index contributed by atoms with van der Waals surface area (Å²) in [6.45, 7) is 1.96. The number of benzene rings is 2. The topological polar surface area (TPSA) is 69.9 Å². The molecule has 0 atom stereocenters. The van der Waals surface area contributed by atoms with Crippen LogP contribution >= 0.6 is 0 Å². The van der Waals surface area contributed by atoms with Crippen LogP contribution in [-0.2, 0) is 0 Å². The van der Waals surface area contributed by atoms with Crippen LogP contribution in [0.1, 0.15) is 5.56 Å². The van der Waals surface area contributed by atoms with Crippen LogP contribution in [0.2, 0.25) is 0 Å². The van der Waals surface area contributed by atoms with Gasteiger partial charge in [-0.2, -0.15) is 0 Å². The lowest BCUT2D eigenvalue weighted by Crippen LogP contribution is -1.95. The van der Waals surface area contributed by atoms with Gasteiger partial charge in [-0.15, -0.1) is 5.10 Å². The van der Waals surface area contributed by atoms with E-state index in [1.807, 2.05) is 42.0 Å². The van der Waals surface area contributed by atoms with Crippen molar-refractivity contribution in [1.82, 2.24) is 14.8 Å². The first-order valence-corrected chi connectivity index (χ1v) is 7.09. The second kappa shape index (κ2) is 4.95. The Morgan fingerprint density at radius 1 is 1.13 bits per heavy atom. The highest BCUT2D eigenvalue weighted by molar-refractivity contribution is 5.85. The van der Waals surface area contributed by atoms with Crippen LogP contribution in [0.25, 0.3) is 28.0 Å². The average molecular weight is 308 g/mol. The van der Waals surface area contributed by atoms with Crippen molar-refractivity contribution in [3.63, 3.8) is 0 Å². The molecule has 2 N–H and O–H groups in total. The third kappa shape index (κ3) is 2.15. The summed E-state index contributed by atoms with van der Waals surface area (Å²) in [5.41, 5.74) is 8.94. The van der Waals surface area contributed by atoms with E-state index in [4.69, 9.17) is 10.2 Å². The monoisotopic (exact) mass is 308 g/mol. The van der Waals surface area contributed by atoms with Crippen molar-refractivity contribution in [3.8, 4) is 17.1 Å². The van der Waals surface area contributed by atoms with Gasteiger partial charge < -0.3 is 14.7 Å². The number of hydrogen-bond donors (Lipinski definition) is 1. The fourth-order valence-electron chi connectivity index (χ4n) is 2.75. The zero-order chi connectivity index (χ0) is 16.0. The van der Waals surface area contributed by atoms with Crippen LogP contribution in [0.4, 0.5) is 10.4 Å². The predicted octanol–water partition coefficient (Wildman–Crippen LogP) is 3.71. The summed E-state index contributed by atoms with van der Waals surface area (Å²) in [4.78, 5) is 0. The fourth-order valence-corrected chi connectivity index (χ4v) is 2.75. The SMILES string of the molecule is Cc1ccc(F)c2ccn(-c3cccc(-c4nnc(N)o4)c3)c12. The largest absolute Gasteiger partial charge is 0.404 e. The number of nitrogens with two attached hydrogens (primary N) is 1. The first kappa shape index (κ1) is 13.5. The Labute approximate surface area is 131 Å². The molecule has 114 valence electrons. The summed E-state index contributed by atoms with van der Waals surface area (Å²) in [6, 6.07) is 12.6. The van der Waals surface area contributed by atoms with E-state index in [2.05, 4.69) is 10.2 Å². The number of hydrogen-bond acceptors (Lipinski definition) is 4. The maximum atomic E-state index is 14.0. The Kier molecular flexibility index (Phi) is 2.90. The number of nitrogens with zero attached hydrogens (tertiary/aromatic N) is 3. The highest BCUT2D eigenvalue weighted by Gasteiger charge is 2.12. The quantitative estimate of drug-likeness (QED) is 0.613. The maximum absolute atomic E-state index is 14.0. The van der Waals surface area contributed by atoms with Gasteiger partial charge in [-0.05, 0) is 42.8 Å². The molecule has 0 fully saturated rings. The molecule has 23 heavy (non-hydrogen) atoms. The van der Waals surface area contributed by atoms with Gasteiger partial charge in [0.1, 0.15) is 5.82 Å². The molecule has 0 amide bonds. The number of halogens is 1. The van der Waals surface area contributed by atoms with Crippen LogP contribution in [0.5, 0.6) is 0 Å². The first-order valence-electron chi connectivity index (χ1n) is 7.09. The number of nitrogen functional groups attached to an aromatic ring is 1. The molecule has 0 spiro atoms. The van der Waals surface area contributed by atoms with Crippen molar-refractivity contribution in [2.75, 3.05) is 5.73 Å². The van der Waals surface area contributed by atoms with Gasteiger partial charge in [-0.25, -0.2) is 4.39 Å². The maximum Gasteiger partial charge on any atom is 0.313 e. The minimum Gasteiger partial charge on any atom is -0.404 e. The summed E-state index contributed by atoms with van der Waals surface area (Å²) in [6.07, 6.45) is 1.85. The summed E-state index contributed by atoms with van der Waals surface area (Å²) < 4.78 is 21.2. The summed E-state index contributed by atoms with van der Waals surface area (Å²) in [7, 11) is 0. The molecular weight excluding hydrogens is 295 g/mol. The van der Waals surface area contributed by atoms with Crippen molar-refractivity contribution in [2.24, 2.45) is 0 Å². The zero-order valence-corrected chi connectivity index (χ0v) is 12.3. The number of aromatic nitrogens is 3. The third-order valence-corrected chi connectivity index (χ3v) is 3.81. The Morgan fingerprint density at radius 2 is 2.00 bits per heavy atom. The van der Waals surface area contributed by atoms with Crippen LogP contribution in [0, 0.1) is 12.7 Å². The molecule has 0 aliphatic rings. The fraction of sp³-hybridized carbons (Fsp3) is 0.0588. The van der Waals surface area contributed by atoms with Crippen molar-refractivity contribution in [3.05, 3.63) is 60.0 Å². The smallest absolute Gasteiger partial charge is 0.313 e.